The second-order valence-electron chi connectivity index (χ2n) is 5.41. The van der Waals surface area contributed by atoms with Crippen molar-refractivity contribution in [2.24, 2.45) is 0 Å². The van der Waals surface area contributed by atoms with Gasteiger partial charge in [0.05, 0.1) is 5.41 Å². The van der Waals surface area contributed by atoms with Crippen molar-refractivity contribution in [2.75, 3.05) is 5.32 Å². The molecule has 1 aromatic heterocycles. The Balaban J connectivity index is 1.83. The van der Waals surface area contributed by atoms with Crippen molar-refractivity contribution in [3.05, 3.63) is 41.5 Å². The van der Waals surface area contributed by atoms with Gasteiger partial charge in [-0.3, -0.25) is 15.2 Å². The minimum Gasteiger partial charge on any atom is -0.292 e. The number of carbonyl (C=O) groups excluding carboxylic acids is 1. The molecule has 23 heavy (non-hydrogen) atoms. The molecule has 1 aliphatic carbocycles. The highest BCUT2D eigenvalue weighted by Gasteiger charge is 2.46. The van der Waals surface area contributed by atoms with Crippen LogP contribution in [0, 0.1) is 5.82 Å². The Morgan fingerprint density at radius 2 is 2.04 bits per heavy atom. The molecule has 2 N–H and O–H groups in total. The number of hydrogen-bond donors (Lipinski definition) is 2. The van der Waals surface area contributed by atoms with Gasteiger partial charge in [-0.1, -0.05) is 18.6 Å². The number of aromatic nitrogens is 3. The van der Waals surface area contributed by atoms with Gasteiger partial charge in [0, 0.05) is 0 Å². The van der Waals surface area contributed by atoms with Crippen LogP contribution < -0.4 is 5.32 Å². The van der Waals surface area contributed by atoms with Crippen LogP contribution in [0.4, 0.5) is 23.5 Å². The van der Waals surface area contributed by atoms with Crippen molar-refractivity contribution >= 4 is 11.9 Å². The number of benzene rings is 1. The lowest BCUT2D eigenvalue weighted by atomic mass is 9.64. The van der Waals surface area contributed by atoms with Gasteiger partial charge in [0.15, 0.2) is 0 Å². The summed E-state index contributed by atoms with van der Waals surface area (Å²) in [5, 5.41) is 7.35. The summed E-state index contributed by atoms with van der Waals surface area (Å²) in [5.41, 5.74) is -0.464. The Morgan fingerprint density at radius 3 is 2.57 bits per heavy atom. The van der Waals surface area contributed by atoms with E-state index >= 15 is 0 Å². The molecule has 0 atom stereocenters. The number of nitrogens with zero attached hydrogens (tertiary/aromatic N) is 2. The molecule has 1 aromatic carbocycles. The predicted octanol–water partition coefficient (Wildman–Crippen LogP) is 3.02. The van der Waals surface area contributed by atoms with Crippen LogP contribution in [0.25, 0.3) is 0 Å². The molecule has 0 saturated heterocycles. The lowest BCUT2D eigenvalue weighted by molar-refractivity contribution is -0.144. The Hall–Kier alpha value is -2.45. The van der Waals surface area contributed by atoms with Crippen molar-refractivity contribution in [3.63, 3.8) is 0 Å². The number of aromatic amines is 1. The minimum atomic E-state index is -4.67. The van der Waals surface area contributed by atoms with E-state index in [1.165, 1.54) is 18.2 Å². The van der Waals surface area contributed by atoms with E-state index in [0.29, 0.717) is 18.4 Å². The van der Waals surface area contributed by atoms with Crippen LogP contribution in [0.15, 0.2) is 24.3 Å². The van der Waals surface area contributed by atoms with E-state index in [2.05, 4.69) is 15.4 Å². The molecule has 5 nitrogen and oxygen atoms in total. The third-order valence-electron chi connectivity index (χ3n) is 4.00. The lowest BCUT2D eigenvalue weighted by Crippen LogP contribution is -2.46. The number of halogens is 4. The molecule has 1 fully saturated rings. The first-order valence-electron chi connectivity index (χ1n) is 6.88. The molecular formula is C14H12F4N4O. The average Bonchev–Trinajstić information content (AvgIpc) is 2.86. The van der Waals surface area contributed by atoms with Crippen LogP contribution in [0.5, 0.6) is 0 Å². The second-order valence-corrected chi connectivity index (χ2v) is 5.41. The number of amides is 1. The molecule has 0 radical (unpaired) electrons. The third kappa shape index (κ3) is 2.78. The monoisotopic (exact) mass is 328 g/mol. The Bertz CT molecular complexity index is 736. The van der Waals surface area contributed by atoms with E-state index < -0.39 is 35.1 Å². The zero-order chi connectivity index (χ0) is 16.7. The SMILES string of the molecule is O=C(Nc1n[nH]c(C(F)(F)F)n1)C1(c2cccc(F)c2)CCC1. The standard InChI is InChI=1S/C14H12F4N4O/c15-9-4-1-3-8(7-9)13(5-2-6-13)11(23)20-12-19-10(21-22-12)14(16,17)18/h1,3-4,7H,2,5-6H2,(H2,19,20,21,22,23). The highest BCUT2D eigenvalue weighted by atomic mass is 19.4. The number of rotatable bonds is 3. The third-order valence-corrected chi connectivity index (χ3v) is 4.00. The van der Waals surface area contributed by atoms with Gasteiger partial charge in [-0.15, -0.1) is 5.10 Å². The Kier molecular flexibility index (Phi) is 3.57. The Labute approximate surface area is 128 Å². The highest BCUT2D eigenvalue weighted by molar-refractivity contribution is 5.98. The van der Waals surface area contributed by atoms with Crippen molar-refractivity contribution < 1.29 is 22.4 Å². The van der Waals surface area contributed by atoms with E-state index in [9.17, 15) is 22.4 Å². The van der Waals surface area contributed by atoms with Gasteiger partial charge in [-0.05, 0) is 30.5 Å². The first kappa shape index (κ1) is 15.4. The molecule has 2 aromatic rings. The summed E-state index contributed by atoms with van der Waals surface area (Å²) in [6.07, 6.45) is -2.93. The van der Waals surface area contributed by atoms with Crippen molar-refractivity contribution in [1.82, 2.24) is 15.2 Å². The number of carbonyl (C=O) groups is 1. The van der Waals surface area contributed by atoms with Crippen LogP contribution in [0.2, 0.25) is 0 Å². The number of hydrogen-bond acceptors (Lipinski definition) is 3. The van der Waals surface area contributed by atoms with Gasteiger partial charge in [0.25, 0.3) is 0 Å². The normalized spacial score (nSPS) is 16.7. The molecule has 0 aliphatic heterocycles. The smallest absolute Gasteiger partial charge is 0.292 e. The molecule has 3 rings (SSSR count). The zero-order valence-corrected chi connectivity index (χ0v) is 11.7. The number of H-pyrrole nitrogens is 1. The van der Waals surface area contributed by atoms with Gasteiger partial charge in [-0.2, -0.15) is 18.2 Å². The zero-order valence-electron chi connectivity index (χ0n) is 11.7. The first-order valence-corrected chi connectivity index (χ1v) is 6.88. The van der Waals surface area contributed by atoms with Gasteiger partial charge in [0.2, 0.25) is 17.7 Å². The van der Waals surface area contributed by atoms with E-state index in [1.54, 1.807) is 11.2 Å². The highest BCUT2D eigenvalue weighted by Crippen LogP contribution is 2.44. The summed E-state index contributed by atoms with van der Waals surface area (Å²) in [6, 6.07) is 5.64. The maximum Gasteiger partial charge on any atom is 0.451 e. The molecule has 9 heteroatoms. The quantitative estimate of drug-likeness (QED) is 0.851. The van der Waals surface area contributed by atoms with Gasteiger partial charge in [-0.25, -0.2) is 4.39 Å². The largest absolute Gasteiger partial charge is 0.451 e. The fourth-order valence-corrected chi connectivity index (χ4v) is 2.63. The average molecular weight is 328 g/mol. The molecule has 1 aliphatic rings. The maximum atomic E-state index is 13.4. The fourth-order valence-electron chi connectivity index (χ4n) is 2.63. The van der Waals surface area contributed by atoms with E-state index in [0.717, 1.165) is 6.42 Å². The van der Waals surface area contributed by atoms with Crippen molar-refractivity contribution in [3.8, 4) is 0 Å². The van der Waals surface area contributed by atoms with Gasteiger partial charge in [0.1, 0.15) is 5.82 Å². The molecular weight excluding hydrogens is 316 g/mol. The summed E-state index contributed by atoms with van der Waals surface area (Å²) in [7, 11) is 0. The Morgan fingerprint density at radius 1 is 1.30 bits per heavy atom. The van der Waals surface area contributed by atoms with Crippen LogP contribution in [-0.2, 0) is 16.4 Å². The first-order chi connectivity index (χ1) is 10.8. The van der Waals surface area contributed by atoms with Crippen LogP contribution in [0.1, 0.15) is 30.7 Å². The van der Waals surface area contributed by atoms with Crippen LogP contribution >= 0.6 is 0 Å². The predicted molar refractivity (Wildman–Crippen MR) is 71.9 cm³/mol. The maximum absolute atomic E-state index is 13.4. The summed E-state index contributed by atoms with van der Waals surface area (Å²) in [5.74, 6) is -2.76. The molecule has 0 unspecified atom stereocenters. The second kappa shape index (κ2) is 5.32. The van der Waals surface area contributed by atoms with E-state index in [1.807, 2.05) is 0 Å². The number of alkyl halides is 3. The summed E-state index contributed by atoms with van der Waals surface area (Å²) in [6.45, 7) is 0. The van der Waals surface area contributed by atoms with Gasteiger partial charge < -0.3 is 0 Å². The van der Waals surface area contributed by atoms with Crippen molar-refractivity contribution in [1.29, 1.82) is 0 Å². The fraction of sp³-hybridized carbons (Fsp3) is 0.357. The van der Waals surface area contributed by atoms with Crippen LogP contribution in [0.3, 0.4) is 0 Å². The number of anilines is 1. The van der Waals surface area contributed by atoms with Crippen molar-refractivity contribution in [2.45, 2.75) is 30.9 Å². The molecule has 122 valence electrons. The molecule has 1 saturated carbocycles. The number of nitrogens with one attached hydrogen (secondary N) is 2. The topological polar surface area (TPSA) is 70.7 Å². The molecule has 0 spiro atoms. The van der Waals surface area contributed by atoms with Gasteiger partial charge >= 0.3 is 6.18 Å². The summed E-state index contributed by atoms with van der Waals surface area (Å²) < 4.78 is 50.8. The molecule has 0 bridgehead atoms. The van der Waals surface area contributed by atoms with E-state index in [4.69, 9.17) is 0 Å². The van der Waals surface area contributed by atoms with Crippen LogP contribution in [-0.4, -0.2) is 21.1 Å². The minimum absolute atomic E-state index is 0.454. The molecule has 1 amide bonds. The molecule has 1 heterocycles. The summed E-state index contributed by atoms with van der Waals surface area (Å²) in [4.78, 5) is 15.7. The van der Waals surface area contributed by atoms with E-state index in [-0.39, 0.29) is 0 Å². The lowest BCUT2D eigenvalue weighted by Gasteiger charge is -2.40. The summed E-state index contributed by atoms with van der Waals surface area (Å²) >= 11 is 0.